The molecule has 0 spiro atoms. The van der Waals surface area contributed by atoms with Gasteiger partial charge in [-0.3, -0.25) is 0 Å². The van der Waals surface area contributed by atoms with Gasteiger partial charge in [-0.15, -0.1) is 0 Å². The summed E-state index contributed by atoms with van der Waals surface area (Å²) >= 11 is 0. The van der Waals surface area contributed by atoms with Gasteiger partial charge < -0.3 is 11.5 Å². The third kappa shape index (κ3) is 1.30. The number of nitrogens with two attached hydrogens (primary N) is 2. The van der Waals surface area contributed by atoms with Crippen molar-refractivity contribution in [3.05, 3.63) is 0 Å². The molecule has 2 aliphatic rings. The summed E-state index contributed by atoms with van der Waals surface area (Å²) in [6.45, 7) is 0. The first-order valence-corrected chi connectivity index (χ1v) is 4.78. The molecule has 2 nitrogen and oxygen atoms in total. The molecule has 2 heteroatoms. The molecular formula is C9H18N2. The van der Waals surface area contributed by atoms with E-state index in [1.54, 1.807) is 0 Å². The Balaban J connectivity index is 1.85. The van der Waals surface area contributed by atoms with Crippen molar-refractivity contribution < 1.29 is 0 Å². The molecule has 0 aromatic heterocycles. The number of rotatable bonds is 1. The first kappa shape index (κ1) is 7.56. The zero-order chi connectivity index (χ0) is 7.84. The SMILES string of the molecule is NC1CC(C2CCCC2N)C1. The maximum absolute atomic E-state index is 5.99. The van der Waals surface area contributed by atoms with Crippen LogP contribution in [0.4, 0.5) is 0 Å². The molecule has 0 aliphatic heterocycles. The van der Waals surface area contributed by atoms with Crippen molar-refractivity contribution in [1.82, 2.24) is 0 Å². The highest BCUT2D eigenvalue weighted by atomic mass is 14.7. The minimum absolute atomic E-state index is 0.493. The lowest BCUT2D eigenvalue weighted by Crippen LogP contribution is -2.43. The van der Waals surface area contributed by atoms with E-state index >= 15 is 0 Å². The van der Waals surface area contributed by atoms with E-state index in [-0.39, 0.29) is 0 Å². The van der Waals surface area contributed by atoms with Crippen LogP contribution in [0.3, 0.4) is 0 Å². The second-order valence-electron chi connectivity index (χ2n) is 4.25. The summed E-state index contributed by atoms with van der Waals surface area (Å²) in [5, 5.41) is 0. The molecule has 0 aromatic carbocycles. The third-order valence-corrected chi connectivity index (χ3v) is 3.44. The molecule has 2 aliphatic carbocycles. The quantitative estimate of drug-likeness (QED) is 0.588. The van der Waals surface area contributed by atoms with Crippen molar-refractivity contribution >= 4 is 0 Å². The van der Waals surface area contributed by atoms with Gasteiger partial charge in [-0.05, 0) is 37.5 Å². The van der Waals surface area contributed by atoms with Crippen LogP contribution in [-0.2, 0) is 0 Å². The van der Waals surface area contributed by atoms with Crippen LogP contribution in [0.25, 0.3) is 0 Å². The van der Waals surface area contributed by atoms with Crippen LogP contribution in [0.5, 0.6) is 0 Å². The molecular weight excluding hydrogens is 136 g/mol. The molecule has 0 bridgehead atoms. The highest BCUT2D eigenvalue weighted by molar-refractivity contribution is 4.93. The van der Waals surface area contributed by atoms with Gasteiger partial charge in [0, 0.05) is 12.1 Å². The number of hydrogen-bond acceptors (Lipinski definition) is 2. The third-order valence-electron chi connectivity index (χ3n) is 3.44. The van der Waals surface area contributed by atoms with Gasteiger partial charge in [0.1, 0.15) is 0 Å². The minimum atomic E-state index is 0.493. The summed E-state index contributed by atoms with van der Waals surface area (Å²) in [4.78, 5) is 0. The first-order chi connectivity index (χ1) is 5.27. The topological polar surface area (TPSA) is 52.0 Å². The Morgan fingerprint density at radius 3 is 2.18 bits per heavy atom. The Labute approximate surface area is 68.3 Å². The van der Waals surface area contributed by atoms with E-state index < -0.39 is 0 Å². The molecule has 2 rings (SSSR count). The van der Waals surface area contributed by atoms with Crippen molar-refractivity contribution in [2.45, 2.75) is 44.2 Å². The monoisotopic (exact) mass is 154 g/mol. The van der Waals surface area contributed by atoms with Gasteiger partial charge in [0.2, 0.25) is 0 Å². The second-order valence-corrected chi connectivity index (χ2v) is 4.25. The lowest BCUT2D eigenvalue weighted by atomic mass is 9.71. The predicted octanol–water partition coefficient (Wildman–Crippen LogP) is 0.851. The van der Waals surface area contributed by atoms with E-state index in [9.17, 15) is 0 Å². The van der Waals surface area contributed by atoms with E-state index in [1.165, 1.54) is 32.1 Å². The van der Waals surface area contributed by atoms with Crippen molar-refractivity contribution in [3.8, 4) is 0 Å². The lowest BCUT2D eigenvalue weighted by molar-refractivity contribution is 0.166. The molecule has 2 fully saturated rings. The lowest BCUT2D eigenvalue weighted by Gasteiger charge is -2.38. The summed E-state index contributed by atoms with van der Waals surface area (Å²) in [5.41, 5.74) is 11.7. The minimum Gasteiger partial charge on any atom is -0.328 e. The zero-order valence-corrected chi connectivity index (χ0v) is 7.00. The molecule has 0 amide bonds. The Bertz CT molecular complexity index is 140. The summed E-state index contributed by atoms with van der Waals surface area (Å²) in [6.07, 6.45) is 6.42. The normalized spacial score (nSPS) is 50.7. The van der Waals surface area contributed by atoms with Gasteiger partial charge in [0.15, 0.2) is 0 Å². The molecule has 4 N–H and O–H groups in total. The van der Waals surface area contributed by atoms with Crippen LogP contribution in [0.15, 0.2) is 0 Å². The standard InChI is InChI=1S/C9H18N2/c10-7-4-6(5-7)8-2-1-3-9(8)11/h6-9H,1-5,10-11H2. The Hall–Kier alpha value is -0.0800. The van der Waals surface area contributed by atoms with E-state index in [2.05, 4.69) is 0 Å². The average Bonchev–Trinajstić information content (AvgIpc) is 2.29. The predicted molar refractivity (Wildman–Crippen MR) is 46.0 cm³/mol. The van der Waals surface area contributed by atoms with Gasteiger partial charge >= 0.3 is 0 Å². The van der Waals surface area contributed by atoms with Gasteiger partial charge in [-0.2, -0.15) is 0 Å². The van der Waals surface area contributed by atoms with E-state index in [0.29, 0.717) is 12.1 Å². The average molecular weight is 154 g/mol. The summed E-state index contributed by atoms with van der Waals surface area (Å²) in [6, 6.07) is 0.986. The van der Waals surface area contributed by atoms with Crippen molar-refractivity contribution in [1.29, 1.82) is 0 Å². The van der Waals surface area contributed by atoms with Gasteiger partial charge in [0.25, 0.3) is 0 Å². The molecule has 11 heavy (non-hydrogen) atoms. The zero-order valence-electron chi connectivity index (χ0n) is 7.00. The van der Waals surface area contributed by atoms with Gasteiger partial charge in [-0.25, -0.2) is 0 Å². The fourth-order valence-corrected chi connectivity index (χ4v) is 2.66. The van der Waals surface area contributed by atoms with Crippen LogP contribution < -0.4 is 11.5 Å². The van der Waals surface area contributed by atoms with Crippen molar-refractivity contribution in [2.24, 2.45) is 23.3 Å². The first-order valence-electron chi connectivity index (χ1n) is 4.78. The van der Waals surface area contributed by atoms with Gasteiger partial charge in [-0.1, -0.05) is 6.42 Å². The summed E-state index contributed by atoms with van der Waals surface area (Å²) in [5.74, 6) is 1.69. The molecule has 2 saturated carbocycles. The van der Waals surface area contributed by atoms with Crippen LogP contribution in [0, 0.1) is 11.8 Å². The summed E-state index contributed by atoms with van der Waals surface area (Å²) in [7, 11) is 0. The smallest absolute Gasteiger partial charge is 0.00698 e. The van der Waals surface area contributed by atoms with Crippen molar-refractivity contribution in [2.75, 3.05) is 0 Å². The second kappa shape index (κ2) is 2.76. The fraction of sp³-hybridized carbons (Fsp3) is 1.00. The molecule has 2 unspecified atom stereocenters. The maximum atomic E-state index is 5.99. The summed E-state index contributed by atoms with van der Waals surface area (Å²) < 4.78 is 0. The highest BCUT2D eigenvalue weighted by Crippen LogP contribution is 2.40. The molecule has 0 heterocycles. The van der Waals surface area contributed by atoms with Gasteiger partial charge in [0.05, 0.1) is 0 Å². The molecule has 0 aromatic rings. The number of hydrogen-bond donors (Lipinski definition) is 2. The Morgan fingerprint density at radius 2 is 1.73 bits per heavy atom. The van der Waals surface area contributed by atoms with E-state index in [1.807, 2.05) is 0 Å². The molecule has 2 atom stereocenters. The Kier molecular flexibility index (Phi) is 1.90. The molecule has 64 valence electrons. The van der Waals surface area contributed by atoms with Crippen LogP contribution in [0.1, 0.15) is 32.1 Å². The maximum Gasteiger partial charge on any atom is 0.00698 e. The van der Waals surface area contributed by atoms with Crippen LogP contribution in [-0.4, -0.2) is 12.1 Å². The van der Waals surface area contributed by atoms with E-state index in [0.717, 1.165) is 11.8 Å². The van der Waals surface area contributed by atoms with Crippen molar-refractivity contribution in [3.63, 3.8) is 0 Å². The fourth-order valence-electron chi connectivity index (χ4n) is 2.66. The van der Waals surface area contributed by atoms with E-state index in [4.69, 9.17) is 11.5 Å². The largest absolute Gasteiger partial charge is 0.328 e. The molecule has 0 saturated heterocycles. The van der Waals surface area contributed by atoms with Crippen LogP contribution in [0.2, 0.25) is 0 Å². The highest BCUT2D eigenvalue weighted by Gasteiger charge is 2.37. The van der Waals surface area contributed by atoms with Crippen LogP contribution >= 0.6 is 0 Å². The molecule has 0 radical (unpaired) electrons. The Morgan fingerprint density at radius 1 is 1.00 bits per heavy atom.